The zero-order valence-corrected chi connectivity index (χ0v) is 22.7. The number of nitrogens with zero attached hydrogens (tertiary/aromatic N) is 1. The lowest BCUT2D eigenvalue weighted by Crippen LogP contribution is -2.56. The van der Waals surface area contributed by atoms with Gasteiger partial charge in [0.25, 0.3) is 5.91 Å². The first-order valence-corrected chi connectivity index (χ1v) is 13.1. The highest BCUT2D eigenvalue weighted by Gasteiger charge is 2.50. The zero-order valence-electron chi connectivity index (χ0n) is 21.1. The molecule has 196 valence electrons. The zero-order chi connectivity index (χ0) is 26.0. The molecule has 1 aliphatic heterocycles. The molecule has 0 aromatic heterocycles. The second-order valence-corrected chi connectivity index (χ2v) is 9.92. The van der Waals surface area contributed by atoms with Gasteiger partial charge in [-0.05, 0) is 69.2 Å². The van der Waals surface area contributed by atoms with Gasteiger partial charge in [-0.15, -0.1) is 0 Å². The molecular weight excluding hydrogens is 526 g/mol. The smallest absolute Gasteiger partial charge is 0.266 e. The van der Waals surface area contributed by atoms with Crippen molar-refractivity contribution in [2.45, 2.75) is 57.8 Å². The van der Waals surface area contributed by atoms with Crippen molar-refractivity contribution in [3.63, 3.8) is 0 Å². The number of aliphatic hydroxyl groups is 1. The average Bonchev–Trinajstić information content (AvgIpc) is 3.20. The van der Waals surface area contributed by atoms with Crippen molar-refractivity contribution >= 4 is 27.7 Å². The van der Waals surface area contributed by atoms with Gasteiger partial charge in [0.2, 0.25) is 5.90 Å². The molecule has 3 rings (SSSR count). The molecule has 0 spiro atoms. The number of carbonyl (C=O) groups excluding carboxylic acids is 1. The summed E-state index contributed by atoms with van der Waals surface area (Å²) in [6.45, 7) is 7.59. The fraction of sp³-hybridized carbons (Fsp3) is 0.481. The van der Waals surface area contributed by atoms with E-state index in [9.17, 15) is 4.79 Å². The lowest BCUT2D eigenvalue weighted by atomic mass is 9.86. The van der Waals surface area contributed by atoms with E-state index in [0.29, 0.717) is 44.2 Å². The van der Waals surface area contributed by atoms with E-state index < -0.39 is 11.6 Å². The summed E-state index contributed by atoms with van der Waals surface area (Å²) in [5.74, 6) is 0.868. The Balaban J connectivity index is 1.76. The molecule has 2 aromatic rings. The van der Waals surface area contributed by atoms with Crippen LogP contribution >= 0.6 is 15.9 Å². The molecule has 0 radical (unpaired) electrons. The van der Waals surface area contributed by atoms with Crippen LogP contribution in [-0.2, 0) is 20.7 Å². The minimum absolute atomic E-state index is 0.0870. The van der Waals surface area contributed by atoms with E-state index in [1.54, 1.807) is 0 Å². The first-order chi connectivity index (χ1) is 17.3. The Morgan fingerprint density at radius 2 is 1.86 bits per heavy atom. The number of halogens is 1. The maximum absolute atomic E-state index is 13.5. The maximum atomic E-state index is 13.5. The number of nitrogens with one attached hydrogen (secondary N) is 2. The van der Waals surface area contributed by atoms with Crippen molar-refractivity contribution in [3.8, 4) is 5.75 Å². The van der Waals surface area contributed by atoms with E-state index >= 15 is 0 Å². The number of amides is 1. The highest BCUT2D eigenvalue weighted by Crippen LogP contribution is 2.33. The molecule has 0 saturated carbocycles. The van der Waals surface area contributed by atoms with E-state index in [4.69, 9.17) is 24.3 Å². The minimum atomic E-state index is -1.14. The van der Waals surface area contributed by atoms with Crippen molar-refractivity contribution < 1.29 is 24.1 Å². The van der Waals surface area contributed by atoms with E-state index in [1.807, 2.05) is 69.3 Å². The SMILES string of the molecule is CC(C)OCCCNNC(=O)[C@@]1(Cc2ccc(Br)cc2)N=C(c2ccc(OCCCO)cc2)O[C@H]1C. The van der Waals surface area contributed by atoms with Gasteiger partial charge in [0.1, 0.15) is 11.9 Å². The van der Waals surface area contributed by atoms with Crippen molar-refractivity contribution in [2.75, 3.05) is 26.4 Å². The van der Waals surface area contributed by atoms with Crippen LogP contribution in [0, 0.1) is 0 Å². The summed E-state index contributed by atoms with van der Waals surface area (Å²) in [7, 11) is 0. The molecule has 2 atom stereocenters. The normalized spacial score (nSPS) is 19.2. The molecule has 9 heteroatoms. The topological polar surface area (TPSA) is 101 Å². The number of aliphatic imine (C=N–C) groups is 1. The largest absolute Gasteiger partial charge is 0.494 e. The Morgan fingerprint density at radius 1 is 1.14 bits per heavy atom. The molecule has 1 amide bonds. The fourth-order valence-corrected chi connectivity index (χ4v) is 4.05. The van der Waals surface area contributed by atoms with Gasteiger partial charge < -0.3 is 19.3 Å². The number of aliphatic hydroxyl groups excluding tert-OH is 1. The van der Waals surface area contributed by atoms with Gasteiger partial charge >= 0.3 is 0 Å². The molecule has 0 saturated heterocycles. The van der Waals surface area contributed by atoms with Crippen molar-refractivity contribution in [2.24, 2.45) is 4.99 Å². The van der Waals surface area contributed by atoms with Gasteiger partial charge in [0.05, 0.1) is 12.7 Å². The Morgan fingerprint density at radius 3 is 2.53 bits per heavy atom. The van der Waals surface area contributed by atoms with Crippen LogP contribution < -0.4 is 15.6 Å². The van der Waals surface area contributed by atoms with E-state index in [2.05, 4.69) is 26.8 Å². The fourth-order valence-electron chi connectivity index (χ4n) is 3.79. The molecule has 0 unspecified atom stereocenters. The number of carbonyl (C=O) groups is 1. The standard InChI is InChI=1S/C27H36BrN3O5/c1-19(2)34-16-4-14-29-31-26(33)27(18-21-6-10-23(28)11-7-21)20(3)36-25(30-27)22-8-12-24(13-9-22)35-17-5-15-32/h6-13,19-20,29,32H,4-5,14-18H2,1-3H3,(H,31,33)/t20-,27-/m0/s1. The molecule has 3 N–H and O–H groups in total. The third kappa shape index (κ3) is 7.77. The summed E-state index contributed by atoms with van der Waals surface area (Å²) in [6, 6.07) is 15.3. The quantitative estimate of drug-likeness (QED) is 0.239. The predicted molar refractivity (Wildman–Crippen MR) is 143 cm³/mol. The Hall–Kier alpha value is -2.46. The van der Waals surface area contributed by atoms with Gasteiger partial charge in [-0.2, -0.15) is 0 Å². The van der Waals surface area contributed by atoms with E-state index in [0.717, 1.165) is 22.0 Å². The number of hydrogen-bond acceptors (Lipinski definition) is 7. The first kappa shape index (κ1) is 28.1. The van der Waals surface area contributed by atoms with Crippen molar-refractivity contribution in [3.05, 3.63) is 64.1 Å². The van der Waals surface area contributed by atoms with E-state index in [-0.39, 0.29) is 18.6 Å². The van der Waals surface area contributed by atoms with Crippen LogP contribution in [0.4, 0.5) is 0 Å². The van der Waals surface area contributed by atoms with Crippen LogP contribution in [-0.4, -0.2) is 61.0 Å². The van der Waals surface area contributed by atoms with Gasteiger partial charge in [0.15, 0.2) is 5.54 Å². The van der Waals surface area contributed by atoms with Crippen molar-refractivity contribution in [1.82, 2.24) is 10.9 Å². The number of rotatable bonds is 14. The molecule has 0 aliphatic carbocycles. The van der Waals surface area contributed by atoms with E-state index in [1.165, 1.54) is 0 Å². The Bertz CT molecular complexity index is 997. The number of ether oxygens (including phenoxy) is 3. The molecule has 0 fully saturated rings. The monoisotopic (exact) mass is 561 g/mol. The molecule has 8 nitrogen and oxygen atoms in total. The summed E-state index contributed by atoms with van der Waals surface area (Å²) in [5, 5.41) is 8.92. The van der Waals surface area contributed by atoms with Crippen LogP contribution in [0.5, 0.6) is 5.75 Å². The summed E-state index contributed by atoms with van der Waals surface area (Å²) in [5.41, 5.74) is 6.47. The third-order valence-electron chi connectivity index (χ3n) is 5.81. The third-order valence-corrected chi connectivity index (χ3v) is 6.34. The highest BCUT2D eigenvalue weighted by atomic mass is 79.9. The predicted octanol–water partition coefficient (Wildman–Crippen LogP) is 3.79. The maximum Gasteiger partial charge on any atom is 0.266 e. The van der Waals surface area contributed by atoms with Gasteiger partial charge in [-0.1, -0.05) is 28.1 Å². The van der Waals surface area contributed by atoms with Crippen LogP contribution in [0.15, 0.2) is 58.0 Å². The van der Waals surface area contributed by atoms with Crippen LogP contribution in [0.1, 0.15) is 44.7 Å². The van der Waals surface area contributed by atoms with Crippen molar-refractivity contribution in [1.29, 1.82) is 0 Å². The lowest BCUT2D eigenvalue weighted by molar-refractivity contribution is -0.129. The highest BCUT2D eigenvalue weighted by molar-refractivity contribution is 9.10. The summed E-state index contributed by atoms with van der Waals surface area (Å²) in [4.78, 5) is 18.4. The summed E-state index contributed by atoms with van der Waals surface area (Å²) in [6.07, 6.45) is 1.42. The Labute approximate surface area is 221 Å². The van der Waals surface area contributed by atoms with Crippen LogP contribution in [0.25, 0.3) is 0 Å². The molecule has 2 aromatic carbocycles. The Kier molecular flexibility index (Phi) is 10.7. The molecule has 0 bridgehead atoms. The van der Waals surface area contributed by atoms with Gasteiger partial charge in [-0.25, -0.2) is 10.4 Å². The molecule has 1 heterocycles. The molecular formula is C27H36BrN3O5. The average molecular weight is 563 g/mol. The molecule has 36 heavy (non-hydrogen) atoms. The summed E-state index contributed by atoms with van der Waals surface area (Å²) >= 11 is 3.47. The van der Waals surface area contributed by atoms with Crippen LogP contribution in [0.2, 0.25) is 0 Å². The first-order valence-electron chi connectivity index (χ1n) is 12.3. The number of hydrogen-bond donors (Lipinski definition) is 3. The van der Waals surface area contributed by atoms with Gasteiger partial charge in [-0.3, -0.25) is 10.2 Å². The molecule has 1 aliphatic rings. The lowest BCUT2D eigenvalue weighted by Gasteiger charge is -2.28. The minimum Gasteiger partial charge on any atom is -0.494 e. The van der Waals surface area contributed by atoms with Crippen LogP contribution in [0.3, 0.4) is 0 Å². The number of benzene rings is 2. The second kappa shape index (κ2) is 13.7. The number of hydrazine groups is 1. The second-order valence-electron chi connectivity index (χ2n) is 9.01. The summed E-state index contributed by atoms with van der Waals surface area (Å²) < 4.78 is 18.3. The van der Waals surface area contributed by atoms with Gasteiger partial charge in [0, 0.05) is 42.6 Å².